The van der Waals surface area contributed by atoms with Gasteiger partial charge in [-0.2, -0.15) is 0 Å². The first-order chi connectivity index (χ1) is 9.08. The fourth-order valence-electron chi connectivity index (χ4n) is 1.64. The molecule has 0 saturated carbocycles. The number of hydrogen-bond acceptors (Lipinski definition) is 2. The average molecular weight is 251 g/mol. The zero-order chi connectivity index (χ0) is 13.8. The Kier molecular flexibility index (Phi) is 3.90. The van der Waals surface area contributed by atoms with Crippen molar-refractivity contribution in [3.63, 3.8) is 0 Å². The van der Waals surface area contributed by atoms with Crippen LogP contribution >= 0.6 is 0 Å². The minimum Gasteiger partial charge on any atom is -0.457 e. The van der Waals surface area contributed by atoms with Gasteiger partial charge >= 0.3 is 0 Å². The maximum absolute atomic E-state index is 12.0. The van der Waals surface area contributed by atoms with Crippen LogP contribution in [-0.4, -0.2) is 32.7 Å². The summed E-state index contributed by atoms with van der Waals surface area (Å²) in [6, 6.07) is 14.2. The molecule has 4 heteroatoms. The normalized spacial score (nSPS) is 10.0. The molecule has 0 bridgehead atoms. The highest BCUT2D eigenvalue weighted by molar-refractivity contribution is 6.32. The summed E-state index contributed by atoms with van der Waals surface area (Å²) in [6.07, 6.45) is 0. The molecule has 0 aliphatic heterocycles. The Morgan fingerprint density at radius 2 is 1.68 bits per heavy atom. The minimum absolute atomic E-state index is 0.0916. The Balaban J connectivity index is 2.30. The van der Waals surface area contributed by atoms with Gasteiger partial charge in [-0.3, -0.25) is 4.79 Å². The smallest absolute Gasteiger partial charge is 0.257 e. The van der Waals surface area contributed by atoms with E-state index in [0.29, 0.717) is 22.5 Å². The van der Waals surface area contributed by atoms with Crippen LogP contribution in [0.5, 0.6) is 11.5 Å². The van der Waals surface area contributed by atoms with Gasteiger partial charge in [0.25, 0.3) is 5.91 Å². The Morgan fingerprint density at radius 1 is 1.05 bits per heavy atom. The fraction of sp³-hybridized carbons (Fsp3) is 0.133. The summed E-state index contributed by atoms with van der Waals surface area (Å²) in [5, 5.41) is 0. The van der Waals surface area contributed by atoms with Gasteiger partial charge < -0.3 is 9.64 Å². The molecule has 94 valence electrons. The van der Waals surface area contributed by atoms with Crippen LogP contribution in [0.25, 0.3) is 0 Å². The lowest BCUT2D eigenvalue weighted by Gasteiger charge is -2.14. The molecule has 0 N–H and O–H groups in total. The molecule has 0 saturated heterocycles. The van der Waals surface area contributed by atoms with E-state index >= 15 is 0 Å². The standard InChI is InChI=1S/C15H14BNO2/c1-17(2)15(18)13-5-3-4-6-14(13)19-12-9-7-11(16)8-10-12/h3-10H,1-2H3. The molecule has 2 rings (SSSR count). The van der Waals surface area contributed by atoms with Crippen LogP contribution in [0.4, 0.5) is 0 Å². The SMILES string of the molecule is [B]c1ccc(Oc2ccccc2C(=O)N(C)C)cc1. The highest BCUT2D eigenvalue weighted by atomic mass is 16.5. The summed E-state index contributed by atoms with van der Waals surface area (Å²) in [6.45, 7) is 0. The molecule has 2 radical (unpaired) electrons. The van der Waals surface area contributed by atoms with Gasteiger partial charge in [0.05, 0.1) is 5.56 Å². The number of ether oxygens (including phenoxy) is 1. The highest BCUT2D eigenvalue weighted by Crippen LogP contribution is 2.25. The molecule has 0 fully saturated rings. The van der Waals surface area contributed by atoms with E-state index in [1.165, 1.54) is 4.90 Å². The van der Waals surface area contributed by atoms with Crippen molar-refractivity contribution in [3.8, 4) is 11.5 Å². The zero-order valence-corrected chi connectivity index (χ0v) is 11.0. The molecule has 1 amide bonds. The summed E-state index contributed by atoms with van der Waals surface area (Å²) < 4.78 is 5.73. The monoisotopic (exact) mass is 251 g/mol. The second-order valence-corrected chi connectivity index (χ2v) is 4.37. The molecule has 0 atom stereocenters. The van der Waals surface area contributed by atoms with Gasteiger partial charge in [-0.05, 0) is 24.3 Å². The molecule has 0 heterocycles. The second-order valence-electron chi connectivity index (χ2n) is 4.37. The number of nitrogens with zero attached hydrogens (tertiary/aromatic N) is 1. The lowest BCUT2D eigenvalue weighted by Crippen LogP contribution is -2.22. The van der Waals surface area contributed by atoms with E-state index in [2.05, 4.69) is 0 Å². The van der Waals surface area contributed by atoms with Crippen LogP contribution in [0.3, 0.4) is 0 Å². The first kappa shape index (κ1) is 13.2. The lowest BCUT2D eigenvalue weighted by atomic mass is 9.97. The van der Waals surface area contributed by atoms with Crippen LogP contribution in [0, 0.1) is 0 Å². The molecule has 19 heavy (non-hydrogen) atoms. The van der Waals surface area contributed by atoms with Crippen molar-refractivity contribution in [2.45, 2.75) is 0 Å². The quantitative estimate of drug-likeness (QED) is 0.780. The molecule has 3 nitrogen and oxygen atoms in total. The van der Waals surface area contributed by atoms with Crippen molar-refractivity contribution in [2.75, 3.05) is 14.1 Å². The van der Waals surface area contributed by atoms with E-state index in [-0.39, 0.29) is 5.91 Å². The number of amides is 1. The van der Waals surface area contributed by atoms with Crippen molar-refractivity contribution in [1.29, 1.82) is 0 Å². The Morgan fingerprint density at radius 3 is 2.32 bits per heavy atom. The number of hydrogen-bond donors (Lipinski definition) is 0. The third-order valence-electron chi connectivity index (χ3n) is 2.63. The van der Waals surface area contributed by atoms with E-state index in [1.807, 2.05) is 12.1 Å². The zero-order valence-electron chi connectivity index (χ0n) is 11.0. The van der Waals surface area contributed by atoms with Gasteiger partial charge in [0.1, 0.15) is 19.3 Å². The molecule has 0 aliphatic carbocycles. The Labute approximate surface area is 114 Å². The molecular formula is C15H14BNO2. The van der Waals surface area contributed by atoms with Crippen molar-refractivity contribution in [3.05, 3.63) is 54.1 Å². The van der Waals surface area contributed by atoms with Crippen molar-refractivity contribution in [2.24, 2.45) is 0 Å². The number of para-hydroxylation sites is 1. The summed E-state index contributed by atoms with van der Waals surface area (Å²) >= 11 is 0. The number of carbonyl (C=O) groups is 1. The number of benzene rings is 2. The van der Waals surface area contributed by atoms with Gasteiger partial charge in [0, 0.05) is 14.1 Å². The summed E-state index contributed by atoms with van der Waals surface area (Å²) in [5.41, 5.74) is 1.20. The van der Waals surface area contributed by atoms with E-state index in [4.69, 9.17) is 12.6 Å². The van der Waals surface area contributed by atoms with Gasteiger partial charge in [-0.25, -0.2) is 0 Å². The van der Waals surface area contributed by atoms with Gasteiger partial charge in [0.15, 0.2) is 0 Å². The maximum Gasteiger partial charge on any atom is 0.257 e. The second kappa shape index (κ2) is 5.61. The first-order valence-electron chi connectivity index (χ1n) is 5.92. The van der Waals surface area contributed by atoms with E-state index < -0.39 is 0 Å². The minimum atomic E-state index is -0.0916. The maximum atomic E-state index is 12.0. The molecule has 0 spiro atoms. The highest BCUT2D eigenvalue weighted by Gasteiger charge is 2.14. The molecule has 2 aromatic rings. The lowest BCUT2D eigenvalue weighted by molar-refractivity contribution is 0.0825. The average Bonchev–Trinajstić information content (AvgIpc) is 2.41. The third-order valence-corrected chi connectivity index (χ3v) is 2.63. The number of carbonyl (C=O) groups excluding carboxylic acids is 1. The third kappa shape index (κ3) is 3.16. The largest absolute Gasteiger partial charge is 0.457 e. The summed E-state index contributed by atoms with van der Waals surface area (Å²) in [4.78, 5) is 13.6. The van der Waals surface area contributed by atoms with Crippen molar-refractivity contribution in [1.82, 2.24) is 4.90 Å². The van der Waals surface area contributed by atoms with E-state index in [0.717, 1.165) is 0 Å². The summed E-state index contributed by atoms with van der Waals surface area (Å²) in [5.74, 6) is 1.09. The Bertz CT molecular complexity index is 579. The predicted octanol–water partition coefficient (Wildman–Crippen LogP) is 1.97. The van der Waals surface area contributed by atoms with E-state index in [1.54, 1.807) is 50.5 Å². The number of rotatable bonds is 3. The van der Waals surface area contributed by atoms with E-state index in [9.17, 15) is 4.79 Å². The first-order valence-corrected chi connectivity index (χ1v) is 5.92. The van der Waals surface area contributed by atoms with Gasteiger partial charge in [-0.15, -0.1) is 0 Å². The molecule has 0 unspecified atom stereocenters. The van der Waals surface area contributed by atoms with Crippen LogP contribution in [0.2, 0.25) is 0 Å². The fourth-order valence-corrected chi connectivity index (χ4v) is 1.64. The Hall–Kier alpha value is -2.23. The van der Waals surface area contributed by atoms with Crippen LogP contribution in [-0.2, 0) is 0 Å². The van der Waals surface area contributed by atoms with Crippen LogP contribution < -0.4 is 10.2 Å². The molecule has 2 aromatic carbocycles. The van der Waals surface area contributed by atoms with Gasteiger partial charge in [0.2, 0.25) is 0 Å². The topological polar surface area (TPSA) is 29.5 Å². The predicted molar refractivity (Wildman–Crippen MR) is 76.4 cm³/mol. The van der Waals surface area contributed by atoms with Crippen molar-refractivity contribution < 1.29 is 9.53 Å². The molecular weight excluding hydrogens is 237 g/mol. The molecule has 0 aliphatic rings. The summed E-state index contributed by atoms with van der Waals surface area (Å²) in [7, 11) is 9.04. The van der Waals surface area contributed by atoms with Crippen LogP contribution in [0.1, 0.15) is 10.4 Å². The molecule has 0 aromatic heterocycles. The van der Waals surface area contributed by atoms with Crippen molar-refractivity contribution >= 4 is 19.2 Å². The van der Waals surface area contributed by atoms with Crippen LogP contribution in [0.15, 0.2) is 48.5 Å². The van der Waals surface area contributed by atoms with Gasteiger partial charge in [-0.1, -0.05) is 29.7 Å².